The molecule has 1 saturated heterocycles. The maximum Gasteiger partial charge on any atom is 0.318 e. The zero-order valence-corrected chi connectivity index (χ0v) is 12.1. The molecule has 1 atom stereocenters. The fourth-order valence-electron chi connectivity index (χ4n) is 2.60. The van der Waals surface area contributed by atoms with Gasteiger partial charge in [-0.05, 0) is 30.6 Å². The Morgan fingerprint density at radius 2 is 2.05 bits per heavy atom. The lowest BCUT2D eigenvalue weighted by Gasteiger charge is -2.26. The highest BCUT2D eigenvalue weighted by Crippen LogP contribution is 2.35. The van der Waals surface area contributed by atoms with Crippen LogP contribution in [0.3, 0.4) is 0 Å². The van der Waals surface area contributed by atoms with Gasteiger partial charge in [-0.25, -0.2) is 0 Å². The molecule has 3 rings (SSSR count). The third kappa shape index (κ3) is 3.08. The minimum absolute atomic E-state index is 0.352. The quantitative estimate of drug-likeness (QED) is 0.903. The van der Waals surface area contributed by atoms with Crippen LogP contribution in [-0.4, -0.2) is 29.3 Å². The SMILES string of the molecule is CC(C)(C)C1CCN(c2nnc(CNC3CC3)o2)C1. The smallest absolute Gasteiger partial charge is 0.318 e. The Morgan fingerprint density at radius 1 is 1.26 bits per heavy atom. The first-order chi connectivity index (χ1) is 9.02. The molecule has 0 amide bonds. The van der Waals surface area contributed by atoms with Crippen LogP contribution in [0.15, 0.2) is 4.42 Å². The summed E-state index contributed by atoms with van der Waals surface area (Å²) in [6.07, 6.45) is 3.77. The maximum absolute atomic E-state index is 5.75. The average Bonchev–Trinajstić information content (AvgIpc) is 2.87. The van der Waals surface area contributed by atoms with Gasteiger partial charge in [0.15, 0.2) is 0 Å². The van der Waals surface area contributed by atoms with E-state index in [4.69, 9.17) is 4.42 Å². The summed E-state index contributed by atoms with van der Waals surface area (Å²) in [5.74, 6) is 1.41. The van der Waals surface area contributed by atoms with Crippen molar-refractivity contribution >= 4 is 6.01 Å². The van der Waals surface area contributed by atoms with Gasteiger partial charge in [-0.1, -0.05) is 25.9 Å². The van der Waals surface area contributed by atoms with Crippen molar-refractivity contribution in [2.75, 3.05) is 18.0 Å². The van der Waals surface area contributed by atoms with Gasteiger partial charge in [-0.2, -0.15) is 0 Å². The highest BCUT2D eigenvalue weighted by molar-refractivity contribution is 5.26. The molecule has 0 aromatic carbocycles. The largest absolute Gasteiger partial charge is 0.407 e. The van der Waals surface area contributed by atoms with E-state index in [1.807, 2.05) is 0 Å². The van der Waals surface area contributed by atoms with Crippen LogP contribution < -0.4 is 10.2 Å². The Kier molecular flexibility index (Phi) is 3.25. The summed E-state index contributed by atoms with van der Waals surface area (Å²) in [5.41, 5.74) is 0.352. The molecule has 5 nitrogen and oxygen atoms in total. The molecule has 2 heterocycles. The minimum atomic E-state index is 0.352. The molecule has 0 bridgehead atoms. The van der Waals surface area contributed by atoms with Crippen molar-refractivity contribution in [1.29, 1.82) is 0 Å². The van der Waals surface area contributed by atoms with E-state index in [0.29, 0.717) is 35.8 Å². The molecular formula is C14H24N4O. The molecule has 1 aromatic rings. The van der Waals surface area contributed by atoms with Gasteiger partial charge in [0.2, 0.25) is 5.89 Å². The van der Waals surface area contributed by atoms with Crippen molar-refractivity contribution in [1.82, 2.24) is 15.5 Å². The lowest BCUT2D eigenvalue weighted by Crippen LogP contribution is -2.25. The van der Waals surface area contributed by atoms with Gasteiger partial charge in [-0.3, -0.25) is 0 Å². The van der Waals surface area contributed by atoms with E-state index in [9.17, 15) is 0 Å². The second-order valence-electron chi connectivity index (χ2n) is 6.93. The molecular weight excluding hydrogens is 240 g/mol. The zero-order valence-electron chi connectivity index (χ0n) is 12.1. The Morgan fingerprint density at radius 3 is 2.68 bits per heavy atom. The summed E-state index contributed by atoms with van der Waals surface area (Å²) in [4.78, 5) is 2.23. The van der Waals surface area contributed by atoms with E-state index in [0.717, 1.165) is 13.1 Å². The highest BCUT2D eigenvalue weighted by atomic mass is 16.4. The van der Waals surface area contributed by atoms with Crippen LogP contribution in [0.4, 0.5) is 6.01 Å². The summed E-state index contributed by atoms with van der Waals surface area (Å²) in [7, 11) is 0. The molecule has 1 aromatic heterocycles. The predicted octanol–water partition coefficient (Wildman–Crippen LogP) is 2.19. The van der Waals surface area contributed by atoms with Gasteiger partial charge >= 0.3 is 6.01 Å². The summed E-state index contributed by atoms with van der Waals surface area (Å²) in [6.45, 7) is 9.68. The molecule has 0 spiro atoms. The number of nitrogens with zero attached hydrogens (tertiary/aromatic N) is 3. The zero-order chi connectivity index (χ0) is 13.5. The van der Waals surface area contributed by atoms with Crippen molar-refractivity contribution in [3.05, 3.63) is 5.89 Å². The molecule has 19 heavy (non-hydrogen) atoms. The van der Waals surface area contributed by atoms with Crippen molar-refractivity contribution in [3.8, 4) is 0 Å². The van der Waals surface area contributed by atoms with Gasteiger partial charge in [0.25, 0.3) is 0 Å². The van der Waals surface area contributed by atoms with Crippen molar-refractivity contribution < 1.29 is 4.42 Å². The average molecular weight is 264 g/mol. The molecule has 106 valence electrons. The molecule has 1 N–H and O–H groups in total. The van der Waals surface area contributed by atoms with Crippen LogP contribution in [-0.2, 0) is 6.54 Å². The number of hydrogen-bond acceptors (Lipinski definition) is 5. The van der Waals surface area contributed by atoms with Crippen LogP contribution in [0, 0.1) is 11.3 Å². The topological polar surface area (TPSA) is 54.2 Å². The first-order valence-corrected chi connectivity index (χ1v) is 7.33. The van der Waals surface area contributed by atoms with E-state index in [1.165, 1.54) is 19.3 Å². The number of anilines is 1. The number of nitrogens with one attached hydrogen (secondary N) is 1. The number of hydrogen-bond donors (Lipinski definition) is 1. The molecule has 1 unspecified atom stereocenters. The second kappa shape index (κ2) is 4.78. The number of aromatic nitrogens is 2. The van der Waals surface area contributed by atoms with Crippen LogP contribution in [0.5, 0.6) is 0 Å². The van der Waals surface area contributed by atoms with E-state index in [-0.39, 0.29) is 0 Å². The molecule has 2 fully saturated rings. The van der Waals surface area contributed by atoms with Crippen LogP contribution in [0.1, 0.15) is 45.9 Å². The monoisotopic (exact) mass is 264 g/mol. The van der Waals surface area contributed by atoms with E-state index < -0.39 is 0 Å². The van der Waals surface area contributed by atoms with Gasteiger partial charge in [-0.15, -0.1) is 5.10 Å². The lowest BCUT2D eigenvalue weighted by atomic mass is 9.80. The van der Waals surface area contributed by atoms with Crippen LogP contribution in [0.2, 0.25) is 0 Å². The number of rotatable bonds is 4. The second-order valence-corrected chi connectivity index (χ2v) is 6.93. The van der Waals surface area contributed by atoms with Crippen LogP contribution >= 0.6 is 0 Å². The van der Waals surface area contributed by atoms with Gasteiger partial charge in [0, 0.05) is 19.1 Å². The van der Waals surface area contributed by atoms with Crippen LogP contribution in [0.25, 0.3) is 0 Å². The summed E-state index contributed by atoms with van der Waals surface area (Å²) < 4.78 is 5.75. The van der Waals surface area contributed by atoms with E-state index in [1.54, 1.807) is 0 Å². The summed E-state index contributed by atoms with van der Waals surface area (Å²) >= 11 is 0. The summed E-state index contributed by atoms with van der Waals surface area (Å²) in [5, 5.41) is 11.7. The maximum atomic E-state index is 5.75. The molecule has 5 heteroatoms. The van der Waals surface area contributed by atoms with E-state index in [2.05, 4.69) is 41.2 Å². The van der Waals surface area contributed by atoms with Crippen molar-refractivity contribution in [2.24, 2.45) is 11.3 Å². The molecule has 2 aliphatic rings. The molecule has 1 aliphatic carbocycles. The summed E-state index contributed by atoms with van der Waals surface area (Å²) in [6, 6.07) is 1.37. The van der Waals surface area contributed by atoms with Gasteiger partial charge in [0.1, 0.15) is 0 Å². The Balaban J connectivity index is 1.57. The minimum Gasteiger partial charge on any atom is -0.407 e. The third-order valence-electron chi connectivity index (χ3n) is 4.26. The Bertz CT molecular complexity index is 433. The van der Waals surface area contributed by atoms with Gasteiger partial charge in [0.05, 0.1) is 6.54 Å². The predicted molar refractivity (Wildman–Crippen MR) is 73.9 cm³/mol. The van der Waals surface area contributed by atoms with Crippen molar-refractivity contribution in [2.45, 2.75) is 52.6 Å². The molecule has 1 aliphatic heterocycles. The fourth-order valence-corrected chi connectivity index (χ4v) is 2.60. The lowest BCUT2D eigenvalue weighted by molar-refractivity contribution is 0.263. The Hall–Kier alpha value is -1.10. The highest BCUT2D eigenvalue weighted by Gasteiger charge is 2.33. The first kappa shape index (κ1) is 12.9. The first-order valence-electron chi connectivity index (χ1n) is 7.33. The van der Waals surface area contributed by atoms with Crippen molar-refractivity contribution in [3.63, 3.8) is 0 Å². The molecule has 0 radical (unpaired) electrons. The standard InChI is InChI=1S/C14H24N4O/c1-14(2,3)10-6-7-18(9-10)13-17-16-12(19-13)8-15-11-4-5-11/h10-11,15H,4-9H2,1-3H3. The molecule has 1 saturated carbocycles. The Labute approximate surface area is 114 Å². The van der Waals surface area contributed by atoms with E-state index >= 15 is 0 Å². The normalized spacial score (nSPS) is 24.2. The fraction of sp³-hybridized carbons (Fsp3) is 0.857. The third-order valence-corrected chi connectivity index (χ3v) is 4.26. The van der Waals surface area contributed by atoms with Gasteiger partial charge < -0.3 is 14.6 Å².